The Bertz CT molecular complexity index is 799. The van der Waals surface area contributed by atoms with E-state index in [1.807, 2.05) is 6.07 Å². The molecule has 0 unspecified atom stereocenters. The molecule has 0 fully saturated rings. The minimum absolute atomic E-state index is 0.239. The van der Waals surface area contributed by atoms with Crippen molar-refractivity contribution in [3.05, 3.63) is 58.6 Å². The molecule has 6 nitrogen and oxygen atoms in total. The van der Waals surface area contributed by atoms with Crippen LogP contribution in [0.2, 0.25) is 5.02 Å². The van der Waals surface area contributed by atoms with Crippen molar-refractivity contribution in [2.24, 2.45) is 5.73 Å². The molecule has 23 heavy (non-hydrogen) atoms. The molecule has 0 atom stereocenters. The van der Waals surface area contributed by atoms with Crippen LogP contribution in [0.1, 0.15) is 15.9 Å². The molecule has 0 aliphatic rings. The van der Waals surface area contributed by atoms with Gasteiger partial charge in [-0.25, -0.2) is 0 Å². The number of hydrogen-bond acceptors (Lipinski definition) is 4. The smallest absolute Gasteiger partial charge is 0.259 e. The van der Waals surface area contributed by atoms with E-state index in [1.54, 1.807) is 30.3 Å². The SMILES string of the molecule is N#Cc1ccc(NC(=O)c2ccccc2OCC(N)=O)cc1Cl. The second kappa shape index (κ2) is 7.29. The first-order chi connectivity index (χ1) is 11.0. The van der Waals surface area contributed by atoms with Gasteiger partial charge >= 0.3 is 0 Å². The van der Waals surface area contributed by atoms with E-state index in [-0.39, 0.29) is 22.9 Å². The zero-order valence-corrected chi connectivity index (χ0v) is 12.6. The van der Waals surface area contributed by atoms with Crippen LogP contribution in [0.5, 0.6) is 5.75 Å². The van der Waals surface area contributed by atoms with Gasteiger partial charge in [0.05, 0.1) is 16.1 Å². The minimum Gasteiger partial charge on any atom is -0.483 e. The molecule has 7 heteroatoms. The number of nitrogens with zero attached hydrogens (tertiary/aromatic N) is 1. The second-order valence-electron chi connectivity index (χ2n) is 4.51. The summed E-state index contributed by atoms with van der Waals surface area (Å²) in [7, 11) is 0. The fraction of sp³-hybridized carbons (Fsp3) is 0.0625. The zero-order chi connectivity index (χ0) is 16.8. The van der Waals surface area contributed by atoms with Crippen LogP contribution in [0.15, 0.2) is 42.5 Å². The monoisotopic (exact) mass is 329 g/mol. The van der Waals surface area contributed by atoms with Crippen LogP contribution < -0.4 is 15.8 Å². The first-order valence-electron chi connectivity index (χ1n) is 6.52. The molecule has 2 amide bonds. The summed E-state index contributed by atoms with van der Waals surface area (Å²) in [6.07, 6.45) is 0. The van der Waals surface area contributed by atoms with Gasteiger partial charge in [0.25, 0.3) is 11.8 Å². The predicted molar refractivity (Wildman–Crippen MR) is 85.3 cm³/mol. The third-order valence-electron chi connectivity index (χ3n) is 2.85. The molecule has 2 aromatic carbocycles. The number of carbonyl (C=O) groups excluding carboxylic acids is 2. The first kappa shape index (κ1) is 16.3. The fourth-order valence-corrected chi connectivity index (χ4v) is 2.03. The van der Waals surface area contributed by atoms with Crippen LogP contribution >= 0.6 is 11.6 Å². The lowest BCUT2D eigenvalue weighted by Crippen LogP contribution is -2.21. The molecule has 0 spiro atoms. The van der Waals surface area contributed by atoms with Crippen LogP contribution in [-0.4, -0.2) is 18.4 Å². The van der Waals surface area contributed by atoms with Crippen molar-refractivity contribution in [1.29, 1.82) is 5.26 Å². The van der Waals surface area contributed by atoms with E-state index in [9.17, 15) is 9.59 Å². The molecule has 3 N–H and O–H groups in total. The molecule has 0 heterocycles. The third-order valence-corrected chi connectivity index (χ3v) is 3.16. The predicted octanol–water partition coefficient (Wildman–Crippen LogP) is 2.33. The highest BCUT2D eigenvalue weighted by Gasteiger charge is 2.13. The highest BCUT2D eigenvalue weighted by Crippen LogP contribution is 2.23. The van der Waals surface area contributed by atoms with Crippen LogP contribution in [0, 0.1) is 11.3 Å². The molecular weight excluding hydrogens is 318 g/mol. The molecule has 0 saturated heterocycles. The topological polar surface area (TPSA) is 105 Å². The Balaban J connectivity index is 2.19. The average Bonchev–Trinajstić information content (AvgIpc) is 2.53. The number of primary amides is 1. The summed E-state index contributed by atoms with van der Waals surface area (Å²) in [6.45, 7) is -0.326. The van der Waals surface area contributed by atoms with E-state index >= 15 is 0 Å². The number of hydrogen-bond donors (Lipinski definition) is 2. The van der Waals surface area contributed by atoms with Crippen LogP contribution in [0.25, 0.3) is 0 Å². The van der Waals surface area contributed by atoms with Crippen molar-refractivity contribution in [2.75, 3.05) is 11.9 Å². The van der Waals surface area contributed by atoms with Crippen molar-refractivity contribution < 1.29 is 14.3 Å². The summed E-state index contributed by atoms with van der Waals surface area (Å²) in [5.41, 5.74) is 6.02. The van der Waals surface area contributed by atoms with Crippen molar-refractivity contribution in [3.63, 3.8) is 0 Å². The Morgan fingerprint density at radius 1 is 1.26 bits per heavy atom. The van der Waals surface area contributed by atoms with Crippen LogP contribution in [0.3, 0.4) is 0 Å². The Kier molecular flexibility index (Phi) is 5.18. The maximum Gasteiger partial charge on any atom is 0.259 e. The van der Waals surface area contributed by atoms with E-state index in [4.69, 9.17) is 27.3 Å². The Hall–Kier alpha value is -3.04. The maximum atomic E-state index is 12.3. The number of anilines is 1. The van der Waals surface area contributed by atoms with Crippen molar-refractivity contribution in [1.82, 2.24) is 0 Å². The number of ether oxygens (including phenoxy) is 1. The Morgan fingerprint density at radius 2 is 2.00 bits per heavy atom. The first-order valence-corrected chi connectivity index (χ1v) is 6.90. The summed E-state index contributed by atoms with van der Waals surface area (Å²) in [6, 6.07) is 12.9. The minimum atomic E-state index is -0.640. The number of rotatable bonds is 5. The van der Waals surface area contributed by atoms with Gasteiger partial charge in [0.2, 0.25) is 0 Å². The van der Waals surface area contributed by atoms with Gasteiger partial charge in [0, 0.05) is 5.69 Å². The van der Waals surface area contributed by atoms with Gasteiger partial charge < -0.3 is 15.8 Å². The van der Waals surface area contributed by atoms with Gasteiger partial charge in [-0.15, -0.1) is 0 Å². The van der Waals surface area contributed by atoms with Crippen LogP contribution in [0.4, 0.5) is 5.69 Å². The molecule has 0 aliphatic carbocycles. The van der Waals surface area contributed by atoms with Crippen molar-refractivity contribution in [2.45, 2.75) is 0 Å². The van der Waals surface area contributed by atoms with Gasteiger partial charge in [0.15, 0.2) is 6.61 Å². The van der Waals surface area contributed by atoms with Gasteiger partial charge in [-0.05, 0) is 30.3 Å². The highest BCUT2D eigenvalue weighted by atomic mass is 35.5. The van der Waals surface area contributed by atoms with E-state index in [0.717, 1.165) is 0 Å². The largest absolute Gasteiger partial charge is 0.483 e. The molecule has 0 aromatic heterocycles. The molecule has 2 aromatic rings. The summed E-state index contributed by atoms with van der Waals surface area (Å²) in [5, 5.41) is 11.7. The lowest BCUT2D eigenvalue weighted by Gasteiger charge is -2.11. The molecular formula is C16H12ClN3O3. The lowest BCUT2D eigenvalue weighted by molar-refractivity contribution is -0.119. The van der Waals surface area contributed by atoms with E-state index < -0.39 is 11.8 Å². The van der Waals surface area contributed by atoms with E-state index in [1.165, 1.54) is 12.1 Å². The maximum absolute atomic E-state index is 12.3. The second-order valence-corrected chi connectivity index (χ2v) is 4.92. The summed E-state index contributed by atoms with van der Waals surface area (Å²) in [4.78, 5) is 23.1. The summed E-state index contributed by atoms with van der Waals surface area (Å²) >= 11 is 5.92. The Labute approximate surface area is 137 Å². The summed E-state index contributed by atoms with van der Waals surface area (Å²) in [5.74, 6) is -0.839. The summed E-state index contributed by atoms with van der Waals surface area (Å²) < 4.78 is 5.21. The van der Waals surface area contributed by atoms with Crippen molar-refractivity contribution >= 4 is 29.1 Å². The zero-order valence-electron chi connectivity index (χ0n) is 11.9. The molecule has 2 rings (SSSR count). The number of amides is 2. The quantitative estimate of drug-likeness (QED) is 0.878. The number of nitriles is 1. The fourth-order valence-electron chi connectivity index (χ4n) is 1.81. The number of carbonyl (C=O) groups is 2. The third kappa shape index (κ3) is 4.22. The number of nitrogens with one attached hydrogen (secondary N) is 1. The number of para-hydroxylation sites is 1. The van der Waals surface area contributed by atoms with Gasteiger partial charge in [-0.2, -0.15) is 5.26 Å². The number of benzene rings is 2. The number of halogens is 1. The van der Waals surface area contributed by atoms with Gasteiger partial charge in [0.1, 0.15) is 11.8 Å². The van der Waals surface area contributed by atoms with Gasteiger partial charge in [-0.1, -0.05) is 23.7 Å². The molecule has 0 radical (unpaired) electrons. The average molecular weight is 330 g/mol. The molecule has 116 valence electrons. The van der Waals surface area contributed by atoms with E-state index in [0.29, 0.717) is 11.3 Å². The lowest BCUT2D eigenvalue weighted by atomic mass is 10.1. The molecule has 0 bridgehead atoms. The van der Waals surface area contributed by atoms with Gasteiger partial charge in [-0.3, -0.25) is 9.59 Å². The van der Waals surface area contributed by atoms with E-state index in [2.05, 4.69) is 5.32 Å². The van der Waals surface area contributed by atoms with Crippen LogP contribution in [-0.2, 0) is 4.79 Å². The number of nitrogens with two attached hydrogens (primary N) is 1. The highest BCUT2D eigenvalue weighted by molar-refractivity contribution is 6.32. The normalized spacial score (nSPS) is 9.74. The molecule has 0 saturated carbocycles. The van der Waals surface area contributed by atoms with Crippen molar-refractivity contribution in [3.8, 4) is 11.8 Å². The standard InChI is InChI=1S/C16H12ClN3O3/c17-13-7-11(6-5-10(13)8-18)20-16(22)12-3-1-2-4-14(12)23-9-15(19)21/h1-7H,9H2,(H2,19,21)(H,20,22). The molecule has 0 aliphatic heterocycles. The Morgan fingerprint density at radius 3 is 2.65 bits per heavy atom.